The van der Waals surface area contributed by atoms with Crippen LogP contribution in [0.5, 0.6) is 5.75 Å². The molecule has 1 saturated heterocycles. The lowest BCUT2D eigenvalue weighted by Gasteiger charge is -2.14. The van der Waals surface area contributed by atoms with E-state index in [2.05, 4.69) is 21.2 Å². The first-order valence-corrected chi connectivity index (χ1v) is 6.93. The van der Waals surface area contributed by atoms with Crippen LogP contribution in [0.4, 0.5) is 5.69 Å². The molecule has 104 valence electrons. The number of amides is 1. The monoisotopic (exact) mass is 328 g/mol. The number of benzene rings is 1. The van der Waals surface area contributed by atoms with Crippen LogP contribution in [0.3, 0.4) is 0 Å². The van der Waals surface area contributed by atoms with E-state index in [1.54, 1.807) is 13.2 Å². The molecular formula is C13H17BrN2O3. The SMILES string of the molecule is COc1ccc(Br)c(NC(=O)[C@@H]2CC[C@H](CN)O2)c1. The van der Waals surface area contributed by atoms with Crippen LogP contribution in [0.25, 0.3) is 0 Å². The summed E-state index contributed by atoms with van der Waals surface area (Å²) in [6.07, 6.45) is 1.10. The molecular weight excluding hydrogens is 312 g/mol. The van der Waals surface area contributed by atoms with Gasteiger partial charge in [-0.05, 0) is 40.9 Å². The zero-order chi connectivity index (χ0) is 13.8. The van der Waals surface area contributed by atoms with E-state index < -0.39 is 6.10 Å². The van der Waals surface area contributed by atoms with Crippen molar-refractivity contribution in [2.45, 2.75) is 25.0 Å². The van der Waals surface area contributed by atoms with Gasteiger partial charge in [-0.15, -0.1) is 0 Å². The summed E-state index contributed by atoms with van der Waals surface area (Å²) < 4.78 is 11.5. The Hall–Kier alpha value is -1.11. The lowest BCUT2D eigenvalue weighted by molar-refractivity contribution is -0.126. The van der Waals surface area contributed by atoms with Gasteiger partial charge in [0.05, 0.1) is 18.9 Å². The highest BCUT2D eigenvalue weighted by Gasteiger charge is 2.30. The fraction of sp³-hybridized carbons (Fsp3) is 0.462. The molecule has 2 atom stereocenters. The molecule has 5 nitrogen and oxygen atoms in total. The van der Waals surface area contributed by atoms with E-state index >= 15 is 0 Å². The Bertz CT molecular complexity index is 467. The molecule has 19 heavy (non-hydrogen) atoms. The van der Waals surface area contributed by atoms with Crippen LogP contribution in [0.15, 0.2) is 22.7 Å². The summed E-state index contributed by atoms with van der Waals surface area (Å²) in [5.41, 5.74) is 6.20. The van der Waals surface area contributed by atoms with Crippen molar-refractivity contribution in [2.24, 2.45) is 5.73 Å². The van der Waals surface area contributed by atoms with Crippen molar-refractivity contribution >= 4 is 27.5 Å². The molecule has 2 rings (SSSR count). The summed E-state index contributed by atoms with van der Waals surface area (Å²) in [6.45, 7) is 0.451. The van der Waals surface area contributed by atoms with Gasteiger partial charge in [0, 0.05) is 17.1 Å². The number of carbonyl (C=O) groups is 1. The first-order valence-electron chi connectivity index (χ1n) is 6.14. The van der Waals surface area contributed by atoms with Crippen molar-refractivity contribution in [3.8, 4) is 5.75 Å². The molecule has 0 aliphatic carbocycles. The van der Waals surface area contributed by atoms with Crippen LogP contribution in [0.1, 0.15) is 12.8 Å². The molecule has 1 aromatic rings. The summed E-state index contributed by atoms with van der Waals surface area (Å²) in [4.78, 5) is 12.1. The fourth-order valence-electron chi connectivity index (χ4n) is 2.01. The maximum Gasteiger partial charge on any atom is 0.253 e. The minimum atomic E-state index is -0.424. The van der Waals surface area contributed by atoms with Gasteiger partial charge in [-0.2, -0.15) is 0 Å². The number of halogens is 1. The number of nitrogens with two attached hydrogens (primary N) is 1. The Morgan fingerprint density at radius 3 is 3.00 bits per heavy atom. The smallest absolute Gasteiger partial charge is 0.253 e. The molecule has 1 fully saturated rings. The number of anilines is 1. The van der Waals surface area contributed by atoms with E-state index in [1.165, 1.54) is 0 Å². The van der Waals surface area contributed by atoms with Crippen molar-refractivity contribution in [2.75, 3.05) is 19.0 Å². The topological polar surface area (TPSA) is 73.6 Å². The second-order valence-electron chi connectivity index (χ2n) is 4.39. The number of carbonyl (C=O) groups excluding carboxylic acids is 1. The first kappa shape index (κ1) is 14.3. The molecule has 1 amide bonds. The van der Waals surface area contributed by atoms with Crippen molar-refractivity contribution in [1.82, 2.24) is 0 Å². The zero-order valence-corrected chi connectivity index (χ0v) is 12.3. The van der Waals surface area contributed by atoms with Crippen molar-refractivity contribution in [3.05, 3.63) is 22.7 Å². The lowest BCUT2D eigenvalue weighted by Crippen LogP contribution is -2.29. The molecule has 1 aliphatic rings. The van der Waals surface area contributed by atoms with E-state index in [-0.39, 0.29) is 12.0 Å². The van der Waals surface area contributed by atoms with E-state index in [0.717, 1.165) is 10.9 Å². The third-order valence-electron chi connectivity index (χ3n) is 3.09. The number of methoxy groups -OCH3 is 1. The zero-order valence-electron chi connectivity index (χ0n) is 10.7. The van der Waals surface area contributed by atoms with Crippen molar-refractivity contribution < 1.29 is 14.3 Å². The maximum atomic E-state index is 12.1. The average Bonchev–Trinajstić information content (AvgIpc) is 2.90. The first-order chi connectivity index (χ1) is 9.13. The average molecular weight is 329 g/mol. The number of rotatable bonds is 4. The van der Waals surface area contributed by atoms with Gasteiger partial charge in [0.15, 0.2) is 0 Å². The highest BCUT2D eigenvalue weighted by molar-refractivity contribution is 9.10. The van der Waals surface area contributed by atoms with Gasteiger partial charge in [0.2, 0.25) is 0 Å². The molecule has 1 aliphatic heterocycles. The number of ether oxygens (including phenoxy) is 2. The van der Waals surface area contributed by atoms with Crippen molar-refractivity contribution in [1.29, 1.82) is 0 Å². The van der Waals surface area contributed by atoms with E-state index in [1.807, 2.05) is 12.1 Å². The van der Waals surface area contributed by atoms with E-state index in [9.17, 15) is 4.79 Å². The largest absolute Gasteiger partial charge is 0.497 e. The van der Waals surface area contributed by atoms with E-state index in [0.29, 0.717) is 24.4 Å². The molecule has 0 radical (unpaired) electrons. The quantitative estimate of drug-likeness (QED) is 0.885. The number of nitrogens with one attached hydrogen (secondary N) is 1. The molecule has 0 saturated carbocycles. The van der Waals surface area contributed by atoms with Gasteiger partial charge < -0.3 is 20.5 Å². The second-order valence-corrected chi connectivity index (χ2v) is 5.25. The molecule has 1 aromatic carbocycles. The van der Waals surface area contributed by atoms with Gasteiger partial charge in [-0.25, -0.2) is 0 Å². The van der Waals surface area contributed by atoms with Gasteiger partial charge in [-0.1, -0.05) is 0 Å². The van der Waals surface area contributed by atoms with Crippen molar-refractivity contribution in [3.63, 3.8) is 0 Å². The molecule has 0 aromatic heterocycles. The van der Waals surface area contributed by atoms with Crippen LogP contribution in [-0.2, 0) is 9.53 Å². The Balaban J connectivity index is 2.03. The predicted octanol–water partition coefficient (Wildman–Crippen LogP) is 1.90. The number of hydrogen-bond donors (Lipinski definition) is 2. The van der Waals surface area contributed by atoms with Crippen LogP contribution in [0, 0.1) is 0 Å². The minimum Gasteiger partial charge on any atom is -0.497 e. The van der Waals surface area contributed by atoms with Crippen LogP contribution < -0.4 is 15.8 Å². The summed E-state index contributed by atoms with van der Waals surface area (Å²) in [5.74, 6) is 0.538. The Morgan fingerprint density at radius 1 is 1.58 bits per heavy atom. The predicted molar refractivity (Wildman–Crippen MR) is 76.3 cm³/mol. The molecule has 1 heterocycles. The van der Waals surface area contributed by atoms with Gasteiger partial charge in [0.1, 0.15) is 11.9 Å². The molecule has 0 bridgehead atoms. The summed E-state index contributed by atoms with van der Waals surface area (Å²) in [6, 6.07) is 5.40. The summed E-state index contributed by atoms with van der Waals surface area (Å²) >= 11 is 3.39. The van der Waals surface area contributed by atoms with Crippen LogP contribution in [-0.4, -0.2) is 31.8 Å². The maximum absolute atomic E-state index is 12.1. The number of hydrogen-bond acceptors (Lipinski definition) is 4. The fourth-order valence-corrected chi connectivity index (χ4v) is 2.36. The molecule has 3 N–H and O–H groups in total. The third kappa shape index (κ3) is 3.46. The Kier molecular flexibility index (Phi) is 4.79. The van der Waals surface area contributed by atoms with E-state index in [4.69, 9.17) is 15.2 Å². The second kappa shape index (κ2) is 6.36. The van der Waals surface area contributed by atoms with Gasteiger partial charge in [-0.3, -0.25) is 4.79 Å². The lowest BCUT2D eigenvalue weighted by atomic mass is 10.2. The van der Waals surface area contributed by atoms with Crippen LogP contribution >= 0.6 is 15.9 Å². The third-order valence-corrected chi connectivity index (χ3v) is 3.79. The molecule has 0 unspecified atom stereocenters. The summed E-state index contributed by atoms with van der Waals surface area (Å²) in [7, 11) is 1.58. The standard InChI is InChI=1S/C13H17BrN2O3/c1-18-8-2-4-10(14)11(6-8)16-13(17)12-5-3-9(7-15)19-12/h2,4,6,9,12H,3,5,7,15H2,1H3,(H,16,17)/t9-,12+/m1/s1. The minimum absolute atomic E-state index is 0.00972. The van der Waals surface area contributed by atoms with Gasteiger partial charge >= 0.3 is 0 Å². The highest BCUT2D eigenvalue weighted by Crippen LogP contribution is 2.28. The van der Waals surface area contributed by atoms with Gasteiger partial charge in [0.25, 0.3) is 5.91 Å². The summed E-state index contributed by atoms with van der Waals surface area (Å²) in [5, 5.41) is 2.84. The molecule has 6 heteroatoms. The Labute approximate surface area is 120 Å². The Morgan fingerprint density at radius 2 is 2.37 bits per heavy atom. The normalized spacial score (nSPS) is 22.3. The highest BCUT2D eigenvalue weighted by atomic mass is 79.9. The van der Waals surface area contributed by atoms with Crippen LogP contribution in [0.2, 0.25) is 0 Å². The molecule has 0 spiro atoms.